The second-order valence-electron chi connectivity index (χ2n) is 5.81. The van der Waals surface area contributed by atoms with E-state index in [1.807, 2.05) is 0 Å². The number of aromatic carboxylic acids is 1. The lowest BCUT2D eigenvalue weighted by Crippen LogP contribution is -2.26. The maximum absolute atomic E-state index is 13.7. The van der Waals surface area contributed by atoms with Crippen LogP contribution in [-0.2, 0) is 0 Å². The molecular weight excluding hydrogens is 271 g/mol. The van der Waals surface area contributed by atoms with Gasteiger partial charge in [-0.25, -0.2) is 9.18 Å². The normalized spacial score (nSPS) is 15.4. The van der Waals surface area contributed by atoms with Crippen LogP contribution < -0.4 is 4.74 Å². The molecule has 1 aromatic rings. The molecule has 1 aromatic carbocycles. The topological polar surface area (TPSA) is 46.5 Å². The van der Waals surface area contributed by atoms with E-state index in [1.165, 1.54) is 25.0 Å². The molecule has 2 rings (SSSR count). The fraction of sp³-hybridized carbons (Fsp3) is 0.471. The lowest BCUT2D eigenvalue weighted by atomic mass is 10.1. The van der Waals surface area contributed by atoms with Gasteiger partial charge < -0.3 is 9.84 Å². The number of hydrogen-bond acceptors (Lipinski definition) is 2. The predicted octanol–water partition coefficient (Wildman–Crippen LogP) is 3.87. The molecule has 0 bridgehead atoms. The van der Waals surface area contributed by atoms with Crippen molar-refractivity contribution < 1.29 is 19.0 Å². The largest absolute Gasteiger partial charge is 0.478 e. The first-order chi connectivity index (χ1) is 9.87. The Labute approximate surface area is 124 Å². The van der Waals surface area contributed by atoms with Crippen molar-refractivity contribution in [2.75, 3.05) is 0 Å². The zero-order valence-electron chi connectivity index (χ0n) is 12.3. The first-order valence-electron chi connectivity index (χ1n) is 7.12. The predicted molar refractivity (Wildman–Crippen MR) is 77.8 cm³/mol. The number of rotatable bonds is 3. The molecule has 0 heterocycles. The Bertz CT molecular complexity index is 590. The zero-order chi connectivity index (χ0) is 15.5. The summed E-state index contributed by atoms with van der Waals surface area (Å²) in [6.07, 6.45) is 4.61. The van der Waals surface area contributed by atoms with Crippen molar-refractivity contribution >= 4 is 5.97 Å². The van der Waals surface area contributed by atoms with Gasteiger partial charge in [0.1, 0.15) is 0 Å². The highest BCUT2D eigenvalue weighted by atomic mass is 19.1. The summed E-state index contributed by atoms with van der Waals surface area (Å²) in [5.41, 5.74) is -0.869. The van der Waals surface area contributed by atoms with Crippen molar-refractivity contribution in [2.45, 2.75) is 45.1 Å². The Morgan fingerprint density at radius 1 is 1.38 bits per heavy atom. The van der Waals surface area contributed by atoms with E-state index in [9.17, 15) is 9.18 Å². The third kappa shape index (κ3) is 4.22. The van der Waals surface area contributed by atoms with E-state index in [1.54, 1.807) is 13.8 Å². The summed E-state index contributed by atoms with van der Waals surface area (Å²) in [5.74, 6) is 4.83. The van der Waals surface area contributed by atoms with Crippen LogP contribution in [0.5, 0.6) is 5.75 Å². The van der Waals surface area contributed by atoms with Crippen molar-refractivity contribution in [2.24, 2.45) is 5.92 Å². The lowest BCUT2D eigenvalue weighted by molar-refractivity contribution is 0.0695. The molecule has 0 amide bonds. The molecule has 0 atom stereocenters. The molecule has 0 spiro atoms. The summed E-state index contributed by atoms with van der Waals surface area (Å²) in [4.78, 5) is 10.9. The molecule has 4 heteroatoms. The molecule has 1 N–H and O–H groups in total. The Morgan fingerprint density at radius 2 is 2.05 bits per heavy atom. The Kier molecular flexibility index (Phi) is 4.52. The number of carboxylic acids is 1. The van der Waals surface area contributed by atoms with Crippen molar-refractivity contribution in [3.63, 3.8) is 0 Å². The van der Waals surface area contributed by atoms with Crippen LogP contribution in [0.4, 0.5) is 4.39 Å². The average molecular weight is 290 g/mol. The molecule has 1 aliphatic carbocycles. The van der Waals surface area contributed by atoms with E-state index in [0.29, 0.717) is 5.92 Å². The number of hydrogen-bond donors (Lipinski definition) is 1. The molecule has 1 aliphatic rings. The molecule has 3 nitrogen and oxygen atoms in total. The SMILES string of the molecule is CC(C)(C#CC1CCCC1)Oc1cc(C(=O)O)ccc1F. The van der Waals surface area contributed by atoms with Crippen LogP contribution in [-0.4, -0.2) is 16.7 Å². The number of ether oxygens (including phenoxy) is 1. The lowest BCUT2D eigenvalue weighted by Gasteiger charge is -2.21. The molecule has 0 unspecified atom stereocenters. The van der Waals surface area contributed by atoms with Crippen LogP contribution in [0.3, 0.4) is 0 Å². The maximum atomic E-state index is 13.7. The standard InChI is InChI=1S/C17H19FO3/c1-17(2,10-9-12-5-3-4-6-12)21-15-11-13(16(19)20)7-8-14(15)18/h7-8,11-12H,3-6H2,1-2H3,(H,19,20). The van der Waals surface area contributed by atoms with Gasteiger partial charge in [0.15, 0.2) is 17.2 Å². The minimum atomic E-state index is -1.12. The highest BCUT2D eigenvalue weighted by Gasteiger charge is 2.21. The summed E-state index contributed by atoms with van der Waals surface area (Å²) < 4.78 is 19.3. The van der Waals surface area contributed by atoms with Crippen molar-refractivity contribution in [1.29, 1.82) is 0 Å². The fourth-order valence-electron chi connectivity index (χ4n) is 2.36. The van der Waals surface area contributed by atoms with Gasteiger partial charge in [0.2, 0.25) is 0 Å². The third-order valence-corrected chi connectivity index (χ3v) is 3.48. The van der Waals surface area contributed by atoms with Gasteiger partial charge >= 0.3 is 5.97 Å². The Morgan fingerprint density at radius 3 is 2.67 bits per heavy atom. The smallest absolute Gasteiger partial charge is 0.335 e. The second-order valence-corrected chi connectivity index (χ2v) is 5.81. The molecule has 21 heavy (non-hydrogen) atoms. The van der Waals surface area contributed by atoms with Gasteiger partial charge in [-0.1, -0.05) is 24.7 Å². The first-order valence-corrected chi connectivity index (χ1v) is 7.12. The number of carbonyl (C=O) groups is 1. The summed E-state index contributed by atoms with van der Waals surface area (Å²) in [6.45, 7) is 3.50. The summed E-state index contributed by atoms with van der Waals surface area (Å²) in [6, 6.07) is 3.50. The maximum Gasteiger partial charge on any atom is 0.335 e. The molecular formula is C17H19FO3. The van der Waals surface area contributed by atoms with Gasteiger partial charge in [-0.2, -0.15) is 0 Å². The van der Waals surface area contributed by atoms with E-state index in [4.69, 9.17) is 9.84 Å². The van der Waals surface area contributed by atoms with E-state index in [2.05, 4.69) is 11.8 Å². The number of carboxylic acid groups (broad SMARTS) is 1. The minimum absolute atomic E-state index is 0.00838. The van der Waals surface area contributed by atoms with Gasteiger partial charge in [0.25, 0.3) is 0 Å². The van der Waals surface area contributed by atoms with Crippen LogP contribution in [0.15, 0.2) is 18.2 Å². The molecule has 0 saturated heterocycles. The number of benzene rings is 1. The Balaban J connectivity index is 2.15. The van der Waals surface area contributed by atoms with Gasteiger partial charge in [-0.15, -0.1) is 0 Å². The van der Waals surface area contributed by atoms with Crippen molar-refractivity contribution in [1.82, 2.24) is 0 Å². The van der Waals surface area contributed by atoms with Crippen molar-refractivity contribution in [3.8, 4) is 17.6 Å². The highest BCUT2D eigenvalue weighted by Crippen LogP contribution is 2.26. The summed E-state index contributed by atoms with van der Waals surface area (Å²) in [5, 5.41) is 8.94. The summed E-state index contributed by atoms with van der Waals surface area (Å²) in [7, 11) is 0. The Hall–Kier alpha value is -2.02. The molecule has 0 radical (unpaired) electrons. The van der Waals surface area contributed by atoms with E-state index in [-0.39, 0.29) is 11.3 Å². The monoisotopic (exact) mass is 290 g/mol. The fourth-order valence-corrected chi connectivity index (χ4v) is 2.36. The summed E-state index contributed by atoms with van der Waals surface area (Å²) >= 11 is 0. The zero-order valence-corrected chi connectivity index (χ0v) is 12.3. The highest BCUT2D eigenvalue weighted by molar-refractivity contribution is 5.88. The van der Waals surface area contributed by atoms with Crippen LogP contribution in [0, 0.1) is 23.6 Å². The van der Waals surface area contributed by atoms with Crippen LogP contribution in [0.1, 0.15) is 49.9 Å². The quantitative estimate of drug-likeness (QED) is 0.859. The van der Waals surface area contributed by atoms with Gasteiger partial charge in [0, 0.05) is 5.92 Å². The van der Waals surface area contributed by atoms with Crippen LogP contribution in [0.2, 0.25) is 0 Å². The van der Waals surface area contributed by atoms with Crippen molar-refractivity contribution in [3.05, 3.63) is 29.6 Å². The average Bonchev–Trinajstić information content (AvgIpc) is 2.92. The molecule has 1 fully saturated rings. The van der Waals surface area contributed by atoms with Gasteiger partial charge in [-0.3, -0.25) is 0 Å². The third-order valence-electron chi connectivity index (χ3n) is 3.48. The number of halogens is 1. The molecule has 1 saturated carbocycles. The first kappa shape index (κ1) is 15.4. The second kappa shape index (κ2) is 6.17. The van der Waals surface area contributed by atoms with Gasteiger partial charge in [-0.05, 0) is 44.9 Å². The molecule has 112 valence electrons. The van der Waals surface area contributed by atoms with Crippen LogP contribution in [0.25, 0.3) is 0 Å². The van der Waals surface area contributed by atoms with E-state index >= 15 is 0 Å². The van der Waals surface area contributed by atoms with E-state index < -0.39 is 17.4 Å². The molecule has 0 aromatic heterocycles. The van der Waals surface area contributed by atoms with Crippen LogP contribution >= 0.6 is 0 Å². The van der Waals surface area contributed by atoms with E-state index in [0.717, 1.165) is 18.9 Å². The van der Waals surface area contributed by atoms with Gasteiger partial charge in [0.05, 0.1) is 5.56 Å². The minimum Gasteiger partial charge on any atom is -0.478 e. The molecule has 0 aliphatic heterocycles.